The van der Waals surface area contributed by atoms with E-state index in [0.29, 0.717) is 5.56 Å². The molecule has 0 radical (unpaired) electrons. The van der Waals surface area contributed by atoms with Gasteiger partial charge in [0.1, 0.15) is 5.60 Å². The molecule has 0 aliphatic heterocycles. The van der Waals surface area contributed by atoms with E-state index in [2.05, 4.69) is 47.8 Å². The maximum absolute atomic E-state index is 10.8. The Morgan fingerprint density at radius 3 is 1.94 bits per heavy atom. The first-order valence-corrected chi connectivity index (χ1v) is 8.58. The monoisotopic (exact) mass is 500 g/mol. The van der Waals surface area contributed by atoms with Crippen LogP contribution in [0.3, 0.4) is 0 Å². The fourth-order valence-corrected chi connectivity index (χ4v) is 3.91. The zero-order chi connectivity index (χ0) is 14.1. The molecule has 1 nitrogen and oxygen atoms in total. The van der Waals surface area contributed by atoms with E-state index in [4.69, 9.17) is 34.8 Å². The number of hydrogen-bond donors (Lipinski definition) is 1. The highest BCUT2D eigenvalue weighted by molar-refractivity contribution is 9.11. The molecule has 2 atom stereocenters. The molecule has 1 aromatic rings. The van der Waals surface area contributed by atoms with Gasteiger partial charge in [-0.1, -0.05) is 82.6 Å². The minimum Gasteiger partial charge on any atom is -0.384 e. The van der Waals surface area contributed by atoms with E-state index in [9.17, 15) is 5.11 Å². The van der Waals surface area contributed by atoms with E-state index < -0.39 is 9.39 Å². The first-order valence-electron chi connectivity index (χ1n) is 4.94. The highest BCUT2D eigenvalue weighted by atomic mass is 79.9. The van der Waals surface area contributed by atoms with Gasteiger partial charge >= 0.3 is 0 Å². The lowest BCUT2D eigenvalue weighted by Gasteiger charge is -2.34. The average molecular weight is 504 g/mol. The number of aliphatic hydroxyl groups is 1. The van der Waals surface area contributed by atoms with E-state index in [1.165, 1.54) is 0 Å². The predicted octanol–water partition coefficient (Wildman–Crippen LogP) is 5.94. The number of benzene rings is 1. The second kappa shape index (κ2) is 6.50. The molecule has 0 spiro atoms. The van der Waals surface area contributed by atoms with E-state index in [1.54, 1.807) is 12.1 Å². The standard InChI is InChI=1S/C11H10Br3Cl3O/c1-6(12)10(18,5-11(15,16)17)7-2-8(13)4-9(14)3-7/h2-4,6,18H,5H2,1H3. The van der Waals surface area contributed by atoms with Gasteiger partial charge < -0.3 is 5.11 Å². The SMILES string of the molecule is CC(Br)C(O)(CC(Cl)(Cl)Cl)c1cc(Br)cc(Br)c1. The molecule has 0 heterocycles. The van der Waals surface area contributed by atoms with Crippen molar-refractivity contribution in [3.05, 3.63) is 32.7 Å². The summed E-state index contributed by atoms with van der Waals surface area (Å²) in [5, 5.41) is 10.8. The zero-order valence-corrected chi connectivity index (χ0v) is 16.3. The summed E-state index contributed by atoms with van der Waals surface area (Å²) < 4.78 is 0.136. The van der Waals surface area contributed by atoms with Crippen LogP contribution in [0.4, 0.5) is 0 Å². The Morgan fingerprint density at radius 1 is 1.17 bits per heavy atom. The molecule has 0 fully saturated rings. The summed E-state index contributed by atoms with van der Waals surface area (Å²) in [5.74, 6) is 0. The average Bonchev–Trinajstić information content (AvgIpc) is 2.12. The van der Waals surface area contributed by atoms with Crippen molar-refractivity contribution in [2.75, 3.05) is 0 Å². The quantitative estimate of drug-likeness (QED) is 0.506. The van der Waals surface area contributed by atoms with Gasteiger partial charge in [-0.25, -0.2) is 0 Å². The topological polar surface area (TPSA) is 20.2 Å². The molecule has 1 rings (SSSR count). The lowest BCUT2D eigenvalue weighted by Crippen LogP contribution is -2.38. The Labute approximate surface area is 147 Å². The van der Waals surface area contributed by atoms with Crippen molar-refractivity contribution >= 4 is 82.6 Å². The van der Waals surface area contributed by atoms with Crippen molar-refractivity contribution in [1.82, 2.24) is 0 Å². The fourth-order valence-electron chi connectivity index (χ4n) is 1.58. The summed E-state index contributed by atoms with van der Waals surface area (Å²) >= 11 is 27.6. The van der Waals surface area contributed by atoms with E-state index in [-0.39, 0.29) is 11.2 Å². The molecule has 0 saturated heterocycles. The van der Waals surface area contributed by atoms with E-state index in [1.807, 2.05) is 13.0 Å². The first-order chi connectivity index (χ1) is 8.04. The van der Waals surface area contributed by atoms with Gasteiger partial charge in [-0.15, -0.1) is 0 Å². The molecule has 7 heteroatoms. The lowest BCUT2D eigenvalue weighted by atomic mass is 9.88. The smallest absolute Gasteiger partial charge is 0.193 e. The van der Waals surface area contributed by atoms with Gasteiger partial charge in [0.25, 0.3) is 0 Å². The highest BCUT2D eigenvalue weighted by Crippen LogP contribution is 2.44. The molecule has 0 amide bonds. The van der Waals surface area contributed by atoms with Crippen LogP contribution in [0.1, 0.15) is 18.9 Å². The molecule has 102 valence electrons. The first kappa shape index (κ1) is 17.5. The van der Waals surface area contributed by atoms with Gasteiger partial charge in [-0.05, 0) is 30.7 Å². The Kier molecular flexibility index (Phi) is 6.34. The van der Waals surface area contributed by atoms with Gasteiger partial charge in [0.2, 0.25) is 0 Å². The summed E-state index contributed by atoms with van der Waals surface area (Å²) in [6, 6.07) is 5.48. The molecular formula is C11H10Br3Cl3O. The Bertz CT molecular complexity index is 414. The minimum atomic E-state index is -1.54. The predicted molar refractivity (Wildman–Crippen MR) is 89.0 cm³/mol. The Morgan fingerprint density at radius 2 is 1.61 bits per heavy atom. The lowest BCUT2D eigenvalue weighted by molar-refractivity contribution is 0.0322. The van der Waals surface area contributed by atoms with Crippen LogP contribution in [-0.4, -0.2) is 13.7 Å². The second-order valence-electron chi connectivity index (χ2n) is 3.99. The van der Waals surface area contributed by atoms with Gasteiger partial charge in [-0.3, -0.25) is 0 Å². The molecule has 18 heavy (non-hydrogen) atoms. The summed E-state index contributed by atoms with van der Waals surface area (Å²) in [6.45, 7) is 1.81. The van der Waals surface area contributed by atoms with Gasteiger partial charge in [0.15, 0.2) is 3.79 Å². The molecule has 1 N–H and O–H groups in total. The third-order valence-electron chi connectivity index (χ3n) is 2.49. The van der Waals surface area contributed by atoms with Crippen molar-refractivity contribution in [1.29, 1.82) is 0 Å². The van der Waals surface area contributed by atoms with Crippen LogP contribution in [0.2, 0.25) is 0 Å². The van der Waals surface area contributed by atoms with Crippen molar-refractivity contribution in [3.8, 4) is 0 Å². The summed E-state index contributed by atoms with van der Waals surface area (Å²) in [4.78, 5) is -0.276. The van der Waals surface area contributed by atoms with Crippen molar-refractivity contribution in [3.63, 3.8) is 0 Å². The summed E-state index contributed by atoms with van der Waals surface area (Å²) in [7, 11) is 0. The van der Waals surface area contributed by atoms with Crippen LogP contribution >= 0.6 is 82.6 Å². The molecule has 0 bridgehead atoms. The molecule has 0 aromatic heterocycles. The maximum Gasteiger partial charge on any atom is 0.193 e. The van der Waals surface area contributed by atoms with E-state index in [0.717, 1.165) is 8.95 Å². The normalized spacial score (nSPS) is 17.3. The molecule has 0 aliphatic carbocycles. The van der Waals surface area contributed by atoms with Crippen LogP contribution in [0.15, 0.2) is 27.1 Å². The molecule has 1 aromatic carbocycles. The van der Waals surface area contributed by atoms with Gasteiger partial charge in [0, 0.05) is 20.2 Å². The number of rotatable bonds is 3. The highest BCUT2D eigenvalue weighted by Gasteiger charge is 2.41. The maximum atomic E-state index is 10.8. The van der Waals surface area contributed by atoms with Crippen LogP contribution in [0.5, 0.6) is 0 Å². The zero-order valence-electron chi connectivity index (χ0n) is 9.23. The van der Waals surface area contributed by atoms with Crippen LogP contribution < -0.4 is 0 Å². The fraction of sp³-hybridized carbons (Fsp3) is 0.455. The van der Waals surface area contributed by atoms with Crippen molar-refractivity contribution < 1.29 is 5.11 Å². The number of halogens is 6. The van der Waals surface area contributed by atoms with Crippen LogP contribution in [0, 0.1) is 0 Å². The molecule has 0 saturated carbocycles. The Balaban J connectivity index is 3.27. The molecule has 2 unspecified atom stereocenters. The third-order valence-corrected chi connectivity index (χ3v) is 4.56. The largest absolute Gasteiger partial charge is 0.384 e. The third kappa shape index (κ3) is 4.80. The van der Waals surface area contributed by atoms with Crippen LogP contribution in [0.25, 0.3) is 0 Å². The second-order valence-corrected chi connectivity index (χ2v) is 9.71. The molecular weight excluding hydrogens is 494 g/mol. The van der Waals surface area contributed by atoms with Crippen molar-refractivity contribution in [2.45, 2.75) is 27.6 Å². The van der Waals surface area contributed by atoms with E-state index >= 15 is 0 Å². The summed E-state index contributed by atoms with van der Waals surface area (Å²) in [5.41, 5.74) is -0.614. The van der Waals surface area contributed by atoms with Gasteiger partial charge in [0.05, 0.1) is 0 Å². The van der Waals surface area contributed by atoms with Crippen molar-refractivity contribution in [2.24, 2.45) is 0 Å². The Hall–Kier alpha value is 1.49. The van der Waals surface area contributed by atoms with Crippen LogP contribution in [-0.2, 0) is 5.60 Å². The number of alkyl halides is 4. The number of hydrogen-bond acceptors (Lipinski definition) is 1. The van der Waals surface area contributed by atoms with Gasteiger partial charge in [-0.2, -0.15) is 0 Å². The minimum absolute atomic E-state index is 0.0139. The summed E-state index contributed by atoms with van der Waals surface area (Å²) in [6.07, 6.45) is -0.0139. The molecule has 0 aliphatic rings.